The van der Waals surface area contributed by atoms with E-state index in [0.29, 0.717) is 25.8 Å². The van der Waals surface area contributed by atoms with Crippen LogP contribution in [0.3, 0.4) is 0 Å². The molecule has 1 atom stereocenters. The fourth-order valence-electron chi connectivity index (χ4n) is 2.82. The third-order valence-corrected chi connectivity index (χ3v) is 3.98. The van der Waals surface area contributed by atoms with E-state index >= 15 is 0 Å². The van der Waals surface area contributed by atoms with Gasteiger partial charge in [-0.25, -0.2) is 4.68 Å². The summed E-state index contributed by atoms with van der Waals surface area (Å²) in [6, 6.07) is 4.11. The summed E-state index contributed by atoms with van der Waals surface area (Å²) in [6.45, 7) is 3.28. The largest absolute Gasteiger partial charge is 0.467 e. The van der Waals surface area contributed by atoms with E-state index in [1.54, 1.807) is 12.5 Å². The van der Waals surface area contributed by atoms with Crippen molar-refractivity contribution in [2.45, 2.75) is 31.6 Å². The van der Waals surface area contributed by atoms with Gasteiger partial charge in [0.25, 0.3) is 0 Å². The van der Waals surface area contributed by atoms with Crippen molar-refractivity contribution in [3.05, 3.63) is 36.5 Å². The van der Waals surface area contributed by atoms with Crippen LogP contribution in [-0.4, -0.2) is 57.3 Å². The van der Waals surface area contributed by atoms with E-state index in [1.165, 1.54) is 0 Å². The summed E-state index contributed by atoms with van der Waals surface area (Å²) in [4.78, 5) is 2.27. The maximum atomic E-state index is 10.1. The molecule has 3 rings (SSSR count). The summed E-state index contributed by atoms with van der Waals surface area (Å²) in [6.07, 6.45) is 6.84. The van der Waals surface area contributed by atoms with Gasteiger partial charge in [0.05, 0.1) is 31.2 Å². The molecular weight excluding hydrogens is 284 g/mol. The average Bonchev–Trinajstić information content (AvgIpc) is 3.21. The number of rotatable bonds is 7. The van der Waals surface area contributed by atoms with Crippen molar-refractivity contribution in [1.29, 1.82) is 0 Å². The van der Waals surface area contributed by atoms with E-state index in [0.717, 1.165) is 31.7 Å². The summed E-state index contributed by atoms with van der Waals surface area (Å²) in [5, 5.41) is 18.0. The number of hydrogen-bond donors (Lipinski definition) is 1. The van der Waals surface area contributed by atoms with Crippen molar-refractivity contribution in [2.75, 3.05) is 26.2 Å². The molecule has 2 aromatic rings. The van der Waals surface area contributed by atoms with Crippen LogP contribution in [0.25, 0.3) is 0 Å². The first-order chi connectivity index (χ1) is 10.8. The van der Waals surface area contributed by atoms with E-state index in [9.17, 15) is 5.11 Å². The van der Waals surface area contributed by atoms with Gasteiger partial charge in [0.15, 0.2) is 0 Å². The number of furan rings is 1. The normalized spacial score (nSPS) is 18.6. The highest BCUT2D eigenvalue weighted by Crippen LogP contribution is 2.21. The summed E-state index contributed by atoms with van der Waals surface area (Å²) in [5.41, 5.74) is 0. The van der Waals surface area contributed by atoms with E-state index < -0.39 is 6.10 Å². The van der Waals surface area contributed by atoms with E-state index in [4.69, 9.17) is 9.15 Å². The number of aromatic nitrogens is 3. The van der Waals surface area contributed by atoms with Gasteiger partial charge in [0, 0.05) is 25.8 Å². The number of ether oxygens (including phenoxy) is 1. The molecule has 1 unspecified atom stereocenters. The minimum atomic E-state index is -0.474. The predicted molar refractivity (Wildman–Crippen MR) is 79.1 cm³/mol. The van der Waals surface area contributed by atoms with Crippen LogP contribution in [0.5, 0.6) is 0 Å². The zero-order valence-electron chi connectivity index (χ0n) is 12.5. The highest BCUT2D eigenvalue weighted by molar-refractivity contribution is 4.96. The van der Waals surface area contributed by atoms with Crippen molar-refractivity contribution < 1.29 is 14.3 Å². The Morgan fingerprint density at radius 1 is 1.41 bits per heavy atom. The second-order valence-electron chi connectivity index (χ2n) is 5.66. The molecule has 1 aliphatic rings. The molecule has 1 N–H and O–H groups in total. The molecule has 0 aliphatic carbocycles. The van der Waals surface area contributed by atoms with Crippen LogP contribution in [0.2, 0.25) is 0 Å². The van der Waals surface area contributed by atoms with Gasteiger partial charge in [-0.05, 0) is 25.0 Å². The van der Waals surface area contributed by atoms with Gasteiger partial charge in [-0.2, -0.15) is 0 Å². The summed E-state index contributed by atoms with van der Waals surface area (Å²) in [5.74, 6) is 0.779. The summed E-state index contributed by atoms with van der Waals surface area (Å²) < 4.78 is 12.6. The molecule has 0 bridgehead atoms. The lowest BCUT2D eigenvalue weighted by molar-refractivity contribution is 0.000225. The molecule has 0 radical (unpaired) electrons. The number of piperidine rings is 1. The Morgan fingerprint density at radius 2 is 2.27 bits per heavy atom. The SMILES string of the molecule is OC(COCc1ccco1)CN1CCC(n2ccnn2)CC1. The Labute approximate surface area is 129 Å². The lowest BCUT2D eigenvalue weighted by atomic mass is 10.1. The minimum absolute atomic E-state index is 0.323. The molecule has 1 aliphatic heterocycles. The maximum Gasteiger partial charge on any atom is 0.129 e. The Morgan fingerprint density at radius 3 is 2.95 bits per heavy atom. The monoisotopic (exact) mass is 306 g/mol. The number of nitrogens with zero attached hydrogens (tertiary/aromatic N) is 4. The predicted octanol–water partition coefficient (Wildman–Crippen LogP) is 1.09. The van der Waals surface area contributed by atoms with Gasteiger partial charge >= 0.3 is 0 Å². The van der Waals surface area contributed by atoms with E-state index in [1.807, 2.05) is 23.0 Å². The number of aliphatic hydroxyl groups excluding tert-OH is 1. The summed E-state index contributed by atoms with van der Waals surface area (Å²) in [7, 11) is 0. The molecule has 1 saturated heterocycles. The molecule has 0 amide bonds. The number of aliphatic hydroxyl groups is 1. The van der Waals surface area contributed by atoms with Crippen LogP contribution in [0, 0.1) is 0 Å². The van der Waals surface area contributed by atoms with Gasteiger partial charge in [0.1, 0.15) is 12.4 Å². The minimum Gasteiger partial charge on any atom is -0.467 e. The number of hydrogen-bond acceptors (Lipinski definition) is 6. The Hall–Kier alpha value is -1.70. The van der Waals surface area contributed by atoms with Crippen molar-refractivity contribution in [1.82, 2.24) is 19.9 Å². The highest BCUT2D eigenvalue weighted by atomic mass is 16.5. The first-order valence-corrected chi connectivity index (χ1v) is 7.67. The van der Waals surface area contributed by atoms with Crippen LogP contribution in [-0.2, 0) is 11.3 Å². The molecule has 0 aromatic carbocycles. The van der Waals surface area contributed by atoms with Gasteiger partial charge in [-0.1, -0.05) is 5.21 Å². The average molecular weight is 306 g/mol. The number of likely N-dealkylation sites (tertiary alicyclic amines) is 1. The molecule has 22 heavy (non-hydrogen) atoms. The molecule has 0 spiro atoms. The van der Waals surface area contributed by atoms with Crippen LogP contribution in [0.1, 0.15) is 24.6 Å². The standard InChI is InChI=1S/C15H22N4O3/c20-14(11-21-12-15-2-1-9-22-15)10-18-6-3-13(4-7-18)19-8-5-16-17-19/h1-2,5,8-9,13-14,20H,3-4,6-7,10-12H2. The molecule has 120 valence electrons. The van der Waals surface area contributed by atoms with Crippen molar-refractivity contribution in [3.63, 3.8) is 0 Å². The molecule has 1 fully saturated rings. The van der Waals surface area contributed by atoms with Crippen LogP contribution >= 0.6 is 0 Å². The van der Waals surface area contributed by atoms with Crippen LogP contribution < -0.4 is 0 Å². The van der Waals surface area contributed by atoms with Gasteiger partial charge in [0.2, 0.25) is 0 Å². The lowest BCUT2D eigenvalue weighted by Crippen LogP contribution is -2.40. The third-order valence-electron chi connectivity index (χ3n) is 3.98. The molecular formula is C15H22N4O3. The van der Waals surface area contributed by atoms with Crippen molar-refractivity contribution in [2.24, 2.45) is 0 Å². The quantitative estimate of drug-likeness (QED) is 0.825. The second kappa shape index (κ2) is 7.53. The Kier molecular flexibility index (Phi) is 5.20. The topological polar surface area (TPSA) is 76.6 Å². The third kappa shape index (κ3) is 4.16. The second-order valence-corrected chi connectivity index (χ2v) is 5.66. The number of β-amino-alcohol motifs (C(OH)–C–C–N with tert-alkyl or cyclic N) is 1. The first-order valence-electron chi connectivity index (χ1n) is 7.67. The van der Waals surface area contributed by atoms with Crippen molar-refractivity contribution in [3.8, 4) is 0 Å². The lowest BCUT2D eigenvalue weighted by Gasteiger charge is -2.32. The molecule has 0 saturated carbocycles. The smallest absolute Gasteiger partial charge is 0.129 e. The van der Waals surface area contributed by atoms with Gasteiger partial charge < -0.3 is 19.2 Å². The Balaban J connectivity index is 1.33. The van der Waals surface area contributed by atoms with E-state index in [-0.39, 0.29) is 0 Å². The molecule has 2 aromatic heterocycles. The van der Waals surface area contributed by atoms with Gasteiger partial charge in [-0.3, -0.25) is 0 Å². The Bertz CT molecular complexity index is 521. The van der Waals surface area contributed by atoms with Crippen LogP contribution in [0.15, 0.2) is 35.2 Å². The fraction of sp³-hybridized carbons (Fsp3) is 0.600. The molecule has 7 heteroatoms. The van der Waals surface area contributed by atoms with Crippen LogP contribution in [0.4, 0.5) is 0 Å². The maximum absolute atomic E-state index is 10.1. The van der Waals surface area contributed by atoms with Crippen molar-refractivity contribution >= 4 is 0 Å². The zero-order chi connectivity index (χ0) is 15.2. The zero-order valence-corrected chi connectivity index (χ0v) is 12.5. The summed E-state index contributed by atoms with van der Waals surface area (Å²) >= 11 is 0. The molecule has 3 heterocycles. The first kappa shape index (κ1) is 15.2. The fourth-order valence-corrected chi connectivity index (χ4v) is 2.82. The molecule has 7 nitrogen and oxygen atoms in total. The highest BCUT2D eigenvalue weighted by Gasteiger charge is 2.22. The van der Waals surface area contributed by atoms with E-state index in [2.05, 4.69) is 15.2 Å². The van der Waals surface area contributed by atoms with Gasteiger partial charge in [-0.15, -0.1) is 5.10 Å².